The molecule has 0 saturated heterocycles. The quantitative estimate of drug-likeness (QED) is 0.511. The number of carbonyl (C=O) groups is 2. The molecule has 0 aliphatic heterocycles. The first-order valence-corrected chi connectivity index (χ1v) is 12.1. The summed E-state index contributed by atoms with van der Waals surface area (Å²) in [5, 5.41) is 0. The van der Waals surface area contributed by atoms with Crippen LogP contribution in [0.1, 0.15) is 93.4 Å². The molecule has 0 N–H and O–H groups in total. The van der Waals surface area contributed by atoms with Gasteiger partial charge in [-0.1, -0.05) is 12.5 Å². The number of hydrogen-bond acceptors (Lipinski definition) is 4. The molecule has 2 saturated carbocycles. The predicted octanol–water partition coefficient (Wildman–Crippen LogP) is 5.94. The van der Waals surface area contributed by atoms with Gasteiger partial charge >= 0.3 is 5.97 Å². The highest BCUT2D eigenvalue weighted by atomic mass is 16.6. The summed E-state index contributed by atoms with van der Waals surface area (Å²) in [4.78, 5) is 25.6. The van der Waals surface area contributed by atoms with Crippen molar-refractivity contribution in [3.05, 3.63) is 22.8 Å². The second kappa shape index (κ2) is 7.57. The lowest BCUT2D eigenvalue weighted by molar-refractivity contribution is -0.165. The number of carbonyl (C=O) groups excluding carboxylic acids is 2. The maximum Gasteiger partial charge on any atom is 0.310 e. The third-order valence-corrected chi connectivity index (χ3v) is 7.90. The molecule has 4 aliphatic rings. The molecule has 2 fully saturated rings. The van der Waals surface area contributed by atoms with Crippen molar-refractivity contribution >= 4 is 11.8 Å². The highest BCUT2D eigenvalue weighted by molar-refractivity contribution is 5.93. The van der Waals surface area contributed by atoms with Crippen LogP contribution in [-0.4, -0.2) is 29.1 Å². The molecule has 0 aromatic heterocycles. The van der Waals surface area contributed by atoms with Gasteiger partial charge in [0.25, 0.3) is 0 Å². The number of fused-ring (bicyclic) bond motifs is 4. The molecule has 5 atom stereocenters. The van der Waals surface area contributed by atoms with E-state index in [-0.39, 0.29) is 40.7 Å². The van der Waals surface area contributed by atoms with Crippen LogP contribution in [0.2, 0.25) is 0 Å². The molecular formula is C27H40O4. The van der Waals surface area contributed by atoms with Crippen LogP contribution in [0.5, 0.6) is 0 Å². The standard InChI is InChI=1S/C27H40O4/c1-25(2,3)30-22-11-10-21-23-19(12-13-27(21,22)7)18-9-8-17(28)14-16(18)15-20(23)24(29)31-26(4,5)6/h14,20-23H,8-13,15H2,1-7H3/t20-,21+,22+,23+,27+/m1/s1. The number of ether oxygens (including phenoxy) is 2. The van der Waals surface area contributed by atoms with E-state index >= 15 is 0 Å². The number of rotatable bonds is 2. The summed E-state index contributed by atoms with van der Waals surface area (Å²) in [7, 11) is 0. The average Bonchev–Trinajstić information content (AvgIpc) is 2.94. The van der Waals surface area contributed by atoms with Crippen LogP contribution >= 0.6 is 0 Å². The van der Waals surface area contributed by atoms with Crippen LogP contribution in [0.3, 0.4) is 0 Å². The van der Waals surface area contributed by atoms with E-state index in [2.05, 4.69) is 27.7 Å². The lowest BCUT2D eigenvalue weighted by Crippen LogP contribution is -2.49. The van der Waals surface area contributed by atoms with Gasteiger partial charge in [0.1, 0.15) is 5.60 Å². The SMILES string of the molecule is CC(C)(C)OC(=O)[C@@H]1CC2=CC(=O)CCC2=C2CC[C@]3(C)[C@@H](OC(C)(C)C)CC[C@H]3[C@@H]21. The number of esters is 1. The summed E-state index contributed by atoms with van der Waals surface area (Å²) in [6.07, 6.45) is 8.36. The van der Waals surface area contributed by atoms with Crippen LogP contribution in [0.15, 0.2) is 22.8 Å². The maximum atomic E-state index is 13.4. The third-order valence-electron chi connectivity index (χ3n) is 7.90. The van der Waals surface area contributed by atoms with E-state index < -0.39 is 5.60 Å². The van der Waals surface area contributed by atoms with E-state index in [1.54, 1.807) is 0 Å². The molecule has 0 spiro atoms. The molecular weight excluding hydrogens is 388 g/mol. The predicted molar refractivity (Wildman–Crippen MR) is 121 cm³/mol. The number of hydrogen-bond donors (Lipinski definition) is 0. The Morgan fingerprint density at radius 3 is 2.39 bits per heavy atom. The Bertz CT molecular complexity index is 834. The van der Waals surface area contributed by atoms with E-state index in [4.69, 9.17) is 9.47 Å². The summed E-state index contributed by atoms with van der Waals surface area (Å²) in [6.45, 7) is 14.6. The summed E-state index contributed by atoms with van der Waals surface area (Å²) >= 11 is 0. The molecule has 0 aromatic rings. The minimum atomic E-state index is -0.510. The van der Waals surface area contributed by atoms with E-state index in [0.717, 1.165) is 37.7 Å². The van der Waals surface area contributed by atoms with Crippen molar-refractivity contribution in [1.29, 1.82) is 0 Å². The second-order valence-electron chi connectivity index (χ2n) is 12.4. The van der Waals surface area contributed by atoms with E-state index in [0.29, 0.717) is 18.8 Å². The van der Waals surface area contributed by atoms with Crippen molar-refractivity contribution in [3.63, 3.8) is 0 Å². The number of allylic oxidation sites excluding steroid dienone is 4. The van der Waals surface area contributed by atoms with Gasteiger partial charge in [-0.25, -0.2) is 0 Å². The van der Waals surface area contributed by atoms with E-state index in [9.17, 15) is 9.59 Å². The molecule has 0 radical (unpaired) electrons. The normalized spacial score (nSPS) is 35.8. The van der Waals surface area contributed by atoms with Crippen molar-refractivity contribution in [2.24, 2.45) is 23.2 Å². The second-order valence-corrected chi connectivity index (χ2v) is 12.4. The summed E-state index contributed by atoms with van der Waals surface area (Å²) in [5.74, 6) is 0.529. The third kappa shape index (κ3) is 4.29. The Morgan fingerprint density at radius 2 is 1.74 bits per heavy atom. The van der Waals surface area contributed by atoms with Crippen LogP contribution in [0.4, 0.5) is 0 Å². The van der Waals surface area contributed by atoms with Gasteiger partial charge in [0.2, 0.25) is 0 Å². The lowest BCUT2D eigenvalue weighted by atomic mass is 9.54. The first-order chi connectivity index (χ1) is 14.3. The summed E-state index contributed by atoms with van der Waals surface area (Å²) in [6, 6.07) is 0. The monoisotopic (exact) mass is 428 g/mol. The molecule has 0 amide bonds. The fourth-order valence-electron chi connectivity index (χ4n) is 6.76. The lowest BCUT2D eigenvalue weighted by Gasteiger charge is -2.51. The van der Waals surface area contributed by atoms with Gasteiger partial charge in [0.15, 0.2) is 5.78 Å². The van der Waals surface area contributed by atoms with Gasteiger partial charge in [-0.3, -0.25) is 9.59 Å². The Balaban J connectivity index is 1.74. The maximum absolute atomic E-state index is 13.4. The molecule has 4 nitrogen and oxygen atoms in total. The van der Waals surface area contributed by atoms with Crippen LogP contribution in [0, 0.1) is 23.2 Å². The zero-order valence-electron chi connectivity index (χ0n) is 20.5. The molecule has 4 rings (SSSR count). The van der Waals surface area contributed by atoms with E-state index in [1.807, 2.05) is 26.8 Å². The van der Waals surface area contributed by atoms with Gasteiger partial charge in [-0.2, -0.15) is 0 Å². The van der Waals surface area contributed by atoms with Crippen molar-refractivity contribution in [2.75, 3.05) is 0 Å². The summed E-state index contributed by atoms with van der Waals surface area (Å²) in [5.41, 5.74) is 3.32. The number of ketones is 1. The van der Waals surface area contributed by atoms with Crippen molar-refractivity contribution in [1.82, 2.24) is 0 Å². The first-order valence-electron chi connectivity index (χ1n) is 12.1. The van der Waals surface area contributed by atoms with Crippen molar-refractivity contribution in [2.45, 2.75) is 111 Å². The zero-order chi connectivity index (χ0) is 22.8. The molecule has 0 bridgehead atoms. The fourth-order valence-corrected chi connectivity index (χ4v) is 6.76. The Hall–Kier alpha value is -1.42. The first kappa shape index (κ1) is 22.8. The highest BCUT2D eigenvalue weighted by Gasteiger charge is 2.58. The van der Waals surface area contributed by atoms with Crippen LogP contribution in [0.25, 0.3) is 0 Å². The van der Waals surface area contributed by atoms with Gasteiger partial charge in [0.05, 0.1) is 17.6 Å². The van der Waals surface area contributed by atoms with Crippen LogP contribution < -0.4 is 0 Å². The van der Waals surface area contributed by atoms with Gasteiger partial charge in [-0.05, 0) is 115 Å². The van der Waals surface area contributed by atoms with Gasteiger partial charge in [-0.15, -0.1) is 0 Å². The minimum absolute atomic E-state index is 0.0774. The molecule has 4 aliphatic carbocycles. The van der Waals surface area contributed by atoms with Crippen molar-refractivity contribution in [3.8, 4) is 0 Å². The van der Waals surface area contributed by atoms with Crippen molar-refractivity contribution < 1.29 is 19.1 Å². The molecule has 0 aromatic carbocycles. The fraction of sp³-hybridized carbons (Fsp3) is 0.778. The molecule has 172 valence electrons. The highest BCUT2D eigenvalue weighted by Crippen LogP contribution is 2.62. The van der Waals surface area contributed by atoms with Gasteiger partial charge < -0.3 is 9.47 Å². The summed E-state index contributed by atoms with van der Waals surface area (Å²) < 4.78 is 12.5. The Kier molecular flexibility index (Phi) is 5.56. The zero-order valence-corrected chi connectivity index (χ0v) is 20.5. The van der Waals surface area contributed by atoms with Crippen LogP contribution in [-0.2, 0) is 19.1 Å². The van der Waals surface area contributed by atoms with E-state index in [1.165, 1.54) is 11.1 Å². The Labute approximate surface area is 187 Å². The largest absolute Gasteiger partial charge is 0.460 e. The molecule has 31 heavy (non-hydrogen) atoms. The smallest absolute Gasteiger partial charge is 0.310 e. The average molecular weight is 429 g/mol. The minimum Gasteiger partial charge on any atom is -0.460 e. The molecule has 4 heteroatoms. The molecule has 0 unspecified atom stereocenters. The topological polar surface area (TPSA) is 52.6 Å². The van der Waals surface area contributed by atoms with Gasteiger partial charge in [0, 0.05) is 6.42 Å². The molecule has 0 heterocycles. The Morgan fingerprint density at radius 1 is 1.03 bits per heavy atom.